The normalized spacial score (nSPS) is 16.3. The van der Waals surface area contributed by atoms with Crippen molar-refractivity contribution in [2.75, 3.05) is 43.1 Å². The minimum atomic E-state index is -0.290. The first-order chi connectivity index (χ1) is 20.4. The number of piperazine rings is 1. The van der Waals surface area contributed by atoms with Crippen LogP contribution in [0.2, 0.25) is 0 Å². The zero-order chi connectivity index (χ0) is 29.8. The molecule has 0 atom stereocenters. The molecule has 1 amide bonds. The molecule has 2 aliphatic heterocycles. The highest BCUT2D eigenvalue weighted by Gasteiger charge is 2.34. The van der Waals surface area contributed by atoms with E-state index >= 15 is 0 Å². The number of para-hydroxylation sites is 1. The molecule has 3 heterocycles. The van der Waals surface area contributed by atoms with Crippen molar-refractivity contribution < 1.29 is 9.53 Å². The highest BCUT2D eigenvalue weighted by atomic mass is 32.2. The van der Waals surface area contributed by atoms with Gasteiger partial charge in [-0.2, -0.15) is 5.26 Å². The van der Waals surface area contributed by atoms with Gasteiger partial charge in [0.15, 0.2) is 0 Å². The van der Waals surface area contributed by atoms with E-state index in [0.717, 1.165) is 42.2 Å². The lowest BCUT2D eigenvalue weighted by Crippen LogP contribution is -2.48. The van der Waals surface area contributed by atoms with Crippen molar-refractivity contribution in [3.05, 3.63) is 92.1 Å². The molecule has 2 fully saturated rings. The predicted molar refractivity (Wildman–Crippen MR) is 173 cm³/mol. The van der Waals surface area contributed by atoms with E-state index in [1.807, 2.05) is 55.5 Å². The summed E-state index contributed by atoms with van der Waals surface area (Å²) in [7, 11) is 1.61. The third kappa shape index (κ3) is 5.80. The van der Waals surface area contributed by atoms with Crippen LogP contribution in [0.3, 0.4) is 0 Å². The average Bonchev–Trinajstić information content (AvgIpc) is 3.28. The Morgan fingerprint density at radius 1 is 1.02 bits per heavy atom. The van der Waals surface area contributed by atoms with Gasteiger partial charge in [-0.25, -0.2) is 0 Å². The van der Waals surface area contributed by atoms with Crippen molar-refractivity contribution in [2.24, 2.45) is 0 Å². The molecule has 1 aromatic heterocycles. The van der Waals surface area contributed by atoms with Gasteiger partial charge in [-0.05, 0) is 54.8 Å². The molecule has 42 heavy (non-hydrogen) atoms. The molecule has 0 aliphatic carbocycles. The van der Waals surface area contributed by atoms with E-state index in [0.29, 0.717) is 41.0 Å². The zero-order valence-corrected chi connectivity index (χ0v) is 25.6. The van der Waals surface area contributed by atoms with Crippen molar-refractivity contribution in [2.45, 2.75) is 33.4 Å². The number of rotatable bonds is 8. The minimum absolute atomic E-state index is 0.107. The van der Waals surface area contributed by atoms with Crippen LogP contribution in [-0.2, 0) is 17.9 Å². The van der Waals surface area contributed by atoms with Crippen molar-refractivity contribution in [1.82, 2.24) is 9.47 Å². The Hall–Kier alpha value is -4.07. The molecule has 10 heteroatoms. The van der Waals surface area contributed by atoms with E-state index in [-0.39, 0.29) is 17.0 Å². The lowest BCUT2D eigenvalue weighted by molar-refractivity contribution is -0.122. The van der Waals surface area contributed by atoms with Crippen LogP contribution in [0, 0.1) is 18.3 Å². The number of thioether (sulfide) groups is 1. The van der Waals surface area contributed by atoms with Gasteiger partial charge < -0.3 is 14.5 Å². The number of hydrogen-bond acceptors (Lipinski definition) is 8. The summed E-state index contributed by atoms with van der Waals surface area (Å²) in [5, 5.41) is 9.96. The van der Waals surface area contributed by atoms with Crippen LogP contribution in [-0.4, -0.2) is 53.0 Å². The van der Waals surface area contributed by atoms with E-state index < -0.39 is 0 Å². The van der Waals surface area contributed by atoms with Gasteiger partial charge in [-0.1, -0.05) is 61.2 Å². The Morgan fingerprint density at radius 3 is 2.31 bits per heavy atom. The van der Waals surface area contributed by atoms with Crippen LogP contribution in [0.25, 0.3) is 6.08 Å². The fourth-order valence-corrected chi connectivity index (χ4v) is 6.65. The number of nitrogens with zero attached hydrogens (tertiary/aromatic N) is 5. The van der Waals surface area contributed by atoms with Crippen molar-refractivity contribution in [1.29, 1.82) is 5.26 Å². The highest BCUT2D eigenvalue weighted by Crippen LogP contribution is 2.37. The molecule has 2 saturated heterocycles. The summed E-state index contributed by atoms with van der Waals surface area (Å²) in [6.45, 7) is 7.59. The zero-order valence-electron chi connectivity index (χ0n) is 24.0. The van der Waals surface area contributed by atoms with E-state index in [4.69, 9.17) is 17.0 Å². The molecule has 216 valence electrons. The molecule has 0 spiro atoms. The van der Waals surface area contributed by atoms with Crippen molar-refractivity contribution >= 4 is 51.8 Å². The molecule has 0 N–H and O–H groups in total. The van der Waals surface area contributed by atoms with Crippen LogP contribution in [0.5, 0.6) is 5.75 Å². The van der Waals surface area contributed by atoms with Gasteiger partial charge in [0.25, 0.3) is 11.5 Å². The summed E-state index contributed by atoms with van der Waals surface area (Å²) in [5.41, 5.74) is 3.22. The largest absolute Gasteiger partial charge is 0.497 e. The molecular weight excluding hydrogens is 567 g/mol. The maximum absolute atomic E-state index is 13.6. The number of anilines is 2. The number of aromatic nitrogens is 1. The maximum Gasteiger partial charge on any atom is 0.270 e. The second-order valence-electron chi connectivity index (χ2n) is 10.2. The summed E-state index contributed by atoms with van der Waals surface area (Å²) in [6.07, 6.45) is 2.56. The van der Waals surface area contributed by atoms with Gasteiger partial charge in [-0.3, -0.25) is 19.1 Å². The van der Waals surface area contributed by atoms with Gasteiger partial charge in [-0.15, -0.1) is 0 Å². The van der Waals surface area contributed by atoms with E-state index in [1.54, 1.807) is 23.5 Å². The molecule has 2 aromatic carbocycles. The van der Waals surface area contributed by atoms with Crippen molar-refractivity contribution in [3.8, 4) is 11.8 Å². The van der Waals surface area contributed by atoms with Gasteiger partial charge >= 0.3 is 0 Å². The Bertz CT molecular complexity index is 1620. The molecule has 8 nitrogen and oxygen atoms in total. The fraction of sp³-hybridized carbons (Fsp3) is 0.312. The molecule has 5 rings (SSSR count). The van der Waals surface area contributed by atoms with Gasteiger partial charge in [0.05, 0.1) is 18.6 Å². The fourth-order valence-electron chi connectivity index (χ4n) is 5.41. The van der Waals surface area contributed by atoms with E-state index in [1.165, 1.54) is 17.4 Å². The number of ether oxygens (including phenoxy) is 1. The summed E-state index contributed by atoms with van der Waals surface area (Å²) in [4.78, 5) is 33.8. The number of nitriles is 1. The molecule has 3 aromatic rings. The first kappa shape index (κ1) is 29.4. The molecule has 0 saturated carbocycles. The number of benzene rings is 2. The standard InChI is InChI=1S/C32H33N5O3S2/c1-4-14-36-29(35-17-15-34(16-18-35)24-8-6-5-7-9-24)26(22(2)27(20-33)30(36)38)19-28-31(39)37(32(41)42-28)21-23-10-12-25(40-3)13-11-23/h5-13,19H,4,14-18,21H2,1-3H3/b28-19-. The number of carbonyl (C=O) groups excluding carboxylic acids is 1. The Morgan fingerprint density at radius 2 is 1.69 bits per heavy atom. The van der Waals surface area contributed by atoms with Gasteiger partial charge in [0, 0.05) is 44.0 Å². The SMILES string of the molecule is CCCn1c(N2CCN(c3ccccc3)CC2)c(/C=C2\SC(=S)N(Cc3ccc(OC)cc3)C2=O)c(C)c(C#N)c1=O. The molecule has 0 unspecified atom stereocenters. The number of carbonyl (C=O) groups is 1. The number of thiocarbonyl (C=S) groups is 1. The van der Waals surface area contributed by atoms with E-state index in [9.17, 15) is 14.9 Å². The molecule has 0 radical (unpaired) electrons. The third-order valence-corrected chi connectivity index (χ3v) is 9.02. The van der Waals surface area contributed by atoms with Crippen LogP contribution < -0.4 is 20.1 Å². The van der Waals surface area contributed by atoms with Crippen LogP contribution >= 0.6 is 24.0 Å². The highest BCUT2D eigenvalue weighted by molar-refractivity contribution is 8.26. The lowest BCUT2D eigenvalue weighted by Gasteiger charge is -2.39. The first-order valence-electron chi connectivity index (χ1n) is 14.0. The molecule has 2 aliphatic rings. The smallest absolute Gasteiger partial charge is 0.270 e. The average molecular weight is 600 g/mol. The third-order valence-electron chi connectivity index (χ3n) is 7.64. The van der Waals surface area contributed by atoms with Crippen LogP contribution in [0.4, 0.5) is 11.5 Å². The first-order valence-corrected chi connectivity index (χ1v) is 15.2. The summed E-state index contributed by atoms with van der Waals surface area (Å²) < 4.78 is 7.43. The quantitative estimate of drug-likeness (QED) is 0.259. The number of methoxy groups -OCH3 is 1. The van der Waals surface area contributed by atoms with Crippen LogP contribution in [0.15, 0.2) is 64.3 Å². The predicted octanol–water partition coefficient (Wildman–Crippen LogP) is 5.18. The topological polar surface area (TPSA) is 81.8 Å². The number of amides is 1. The molecule has 0 bridgehead atoms. The van der Waals surface area contributed by atoms with Crippen LogP contribution in [0.1, 0.15) is 35.6 Å². The lowest BCUT2D eigenvalue weighted by atomic mass is 10.0. The summed E-state index contributed by atoms with van der Waals surface area (Å²) in [5.74, 6) is 1.31. The summed E-state index contributed by atoms with van der Waals surface area (Å²) in [6, 6.07) is 20.0. The Kier molecular flexibility index (Phi) is 9.00. The van der Waals surface area contributed by atoms with Gasteiger partial charge in [0.1, 0.15) is 27.5 Å². The molecular formula is C32H33N5O3S2. The summed E-state index contributed by atoms with van der Waals surface area (Å²) >= 11 is 6.87. The maximum atomic E-state index is 13.6. The Balaban J connectivity index is 1.52. The number of pyridine rings is 1. The van der Waals surface area contributed by atoms with E-state index in [2.05, 4.69) is 28.0 Å². The van der Waals surface area contributed by atoms with Crippen molar-refractivity contribution in [3.63, 3.8) is 0 Å². The second-order valence-corrected chi connectivity index (χ2v) is 11.9. The minimum Gasteiger partial charge on any atom is -0.497 e. The monoisotopic (exact) mass is 599 g/mol. The number of hydrogen-bond donors (Lipinski definition) is 0. The second kappa shape index (κ2) is 12.8. The Labute approximate surface area is 255 Å². The van der Waals surface area contributed by atoms with Gasteiger partial charge in [0.2, 0.25) is 0 Å².